The van der Waals surface area contributed by atoms with E-state index in [0.29, 0.717) is 22.9 Å². The molecular formula is C23H18F6N6O4. The van der Waals surface area contributed by atoms with Gasteiger partial charge in [0.05, 0.1) is 5.39 Å². The number of rotatable bonds is 5. The highest BCUT2D eigenvalue weighted by molar-refractivity contribution is 6.03. The van der Waals surface area contributed by atoms with Crippen LogP contribution in [-0.4, -0.2) is 57.9 Å². The van der Waals surface area contributed by atoms with Gasteiger partial charge in [-0.2, -0.15) is 13.2 Å². The lowest BCUT2D eigenvalue weighted by Gasteiger charge is -2.21. The molecule has 0 radical (unpaired) electrons. The quantitative estimate of drug-likeness (QED) is 0.412. The van der Waals surface area contributed by atoms with Gasteiger partial charge in [0, 0.05) is 31.4 Å². The van der Waals surface area contributed by atoms with Crippen LogP contribution in [0.3, 0.4) is 0 Å². The van der Waals surface area contributed by atoms with E-state index in [2.05, 4.69) is 15.3 Å². The molecule has 2 amide bonds. The predicted molar refractivity (Wildman–Crippen MR) is 126 cm³/mol. The van der Waals surface area contributed by atoms with E-state index in [-0.39, 0.29) is 24.9 Å². The van der Waals surface area contributed by atoms with Gasteiger partial charge in [-0.05, 0) is 18.6 Å². The second-order valence-electron chi connectivity index (χ2n) is 8.27. The van der Waals surface area contributed by atoms with Gasteiger partial charge >= 0.3 is 12.3 Å². The Labute approximate surface area is 214 Å². The Balaban J connectivity index is 1.97. The topological polar surface area (TPSA) is 129 Å². The number of carboxylic acid groups (broad SMARTS) is 1. The molecule has 16 heteroatoms. The molecule has 1 aliphatic rings. The Kier molecular flexibility index (Phi) is 7.21. The third-order valence-electron chi connectivity index (χ3n) is 5.76. The van der Waals surface area contributed by atoms with Crippen molar-refractivity contribution in [2.45, 2.75) is 25.6 Å². The second kappa shape index (κ2) is 10.3. The van der Waals surface area contributed by atoms with Crippen LogP contribution < -0.4 is 21.0 Å². The zero-order valence-corrected chi connectivity index (χ0v) is 19.8. The van der Waals surface area contributed by atoms with Gasteiger partial charge in [-0.15, -0.1) is 4.99 Å². The molecular weight excluding hydrogens is 538 g/mol. The monoisotopic (exact) mass is 556 g/mol. The van der Waals surface area contributed by atoms with Gasteiger partial charge in [0.15, 0.2) is 17.3 Å². The maximum atomic E-state index is 14.8. The first kappa shape index (κ1) is 27.4. The number of benzene rings is 1. The summed E-state index contributed by atoms with van der Waals surface area (Å²) in [5, 5.41) is 13.0. The number of halogens is 6. The largest absolute Gasteiger partial charge is 0.463 e. The lowest BCUT2D eigenvalue weighted by molar-refractivity contribution is -0.153. The summed E-state index contributed by atoms with van der Waals surface area (Å²) in [5.41, 5.74) is -3.42. The first-order valence-corrected chi connectivity index (χ1v) is 11.2. The Morgan fingerprint density at radius 1 is 1.21 bits per heavy atom. The standard InChI is InChI=1S/C23H18F6N6O4/c1-2-15(23(27,28)29)31-20(37)12-9-35(17-13(25)7-10(24)8-14(17)26)19-11(18(12)36)3-4-16(32-19)34-6-5-30-21(34)33-22(38)39/h3-4,7-9,15H,2,5-6H2,1H3,(H,30,33)(H,31,37)(H,38,39)/t15-/m0/s1. The number of nitrogens with zero attached hydrogens (tertiary/aromatic N) is 4. The molecule has 1 saturated heterocycles. The molecule has 206 valence electrons. The minimum atomic E-state index is -4.84. The molecule has 3 aromatic rings. The van der Waals surface area contributed by atoms with E-state index in [4.69, 9.17) is 5.11 Å². The van der Waals surface area contributed by atoms with Crippen LogP contribution in [0.15, 0.2) is 40.2 Å². The fourth-order valence-corrected chi connectivity index (χ4v) is 3.99. The number of hydrogen-bond donors (Lipinski definition) is 3. The van der Waals surface area contributed by atoms with Crippen LogP contribution in [0.4, 0.5) is 37.0 Å². The lowest BCUT2D eigenvalue weighted by atomic mass is 10.1. The minimum absolute atomic E-state index is 0.0242. The van der Waals surface area contributed by atoms with Gasteiger partial charge in [0.1, 0.15) is 28.9 Å². The fourth-order valence-electron chi connectivity index (χ4n) is 3.99. The van der Waals surface area contributed by atoms with Gasteiger partial charge in [-0.25, -0.2) is 22.9 Å². The van der Waals surface area contributed by atoms with Gasteiger partial charge in [0.25, 0.3) is 5.91 Å². The molecule has 1 fully saturated rings. The van der Waals surface area contributed by atoms with Crippen LogP contribution in [0.5, 0.6) is 0 Å². The third-order valence-corrected chi connectivity index (χ3v) is 5.76. The molecule has 0 unspecified atom stereocenters. The van der Waals surface area contributed by atoms with Crippen LogP contribution >= 0.6 is 0 Å². The number of guanidine groups is 1. The summed E-state index contributed by atoms with van der Waals surface area (Å²) >= 11 is 0. The van der Waals surface area contributed by atoms with E-state index in [9.17, 15) is 40.7 Å². The number of pyridine rings is 2. The minimum Gasteiger partial charge on any atom is -0.463 e. The summed E-state index contributed by atoms with van der Waals surface area (Å²) in [4.78, 5) is 45.9. The highest BCUT2D eigenvalue weighted by atomic mass is 19.4. The molecule has 1 aliphatic heterocycles. The molecule has 1 aromatic carbocycles. The number of carbonyl (C=O) groups is 2. The number of hydrogen-bond acceptors (Lipinski definition) is 4. The van der Waals surface area contributed by atoms with Crippen LogP contribution in [0.2, 0.25) is 0 Å². The molecule has 3 heterocycles. The van der Waals surface area contributed by atoms with Crippen LogP contribution in [0, 0.1) is 17.5 Å². The van der Waals surface area contributed by atoms with E-state index >= 15 is 0 Å². The van der Waals surface area contributed by atoms with Crippen molar-refractivity contribution in [2.75, 3.05) is 18.0 Å². The zero-order valence-electron chi connectivity index (χ0n) is 19.8. The van der Waals surface area contributed by atoms with Crippen LogP contribution in [0.25, 0.3) is 16.7 Å². The van der Waals surface area contributed by atoms with E-state index in [1.807, 2.05) is 0 Å². The summed E-state index contributed by atoms with van der Waals surface area (Å²) < 4.78 is 83.6. The predicted octanol–water partition coefficient (Wildman–Crippen LogP) is 3.32. The summed E-state index contributed by atoms with van der Waals surface area (Å²) in [7, 11) is 0. The molecule has 0 saturated carbocycles. The average molecular weight is 556 g/mol. The summed E-state index contributed by atoms with van der Waals surface area (Å²) in [6, 6.07) is 0.657. The van der Waals surface area contributed by atoms with Crippen molar-refractivity contribution in [1.29, 1.82) is 0 Å². The number of alkyl halides is 3. The van der Waals surface area contributed by atoms with Gasteiger partial charge in [0.2, 0.25) is 11.4 Å². The fraction of sp³-hybridized carbons (Fsp3) is 0.261. The highest BCUT2D eigenvalue weighted by Crippen LogP contribution is 2.26. The maximum absolute atomic E-state index is 14.8. The smallest absolute Gasteiger partial charge is 0.434 e. The Bertz CT molecular complexity index is 1550. The van der Waals surface area contributed by atoms with Crippen molar-refractivity contribution in [1.82, 2.24) is 20.2 Å². The van der Waals surface area contributed by atoms with E-state index in [1.165, 1.54) is 11.0 Å². The Hall–Kier alpha value is -4.63. The SMILES string of the molecule is CC[C@H](NC(=O)c1cn(-c2c(F)cc(F)cc2F)c2nc(N3CCN/C3=N\C(=O)O)ccc2c1=O)C(F)(F)F. The normalized spacial score (nSPS) is 15.5. The molecule has 2 aromatic heterocycles. The molecule has 1 atom stereocenters. The Morgan fingerprint density at radius 2 is 1.87 bits per heavy atom. The molecule has 0 bridgehead atoms. The van der Waals surface area contributed by atoms with Crippen LogP contribution in [0.1, 0.15) is 23.7 Å². The number of amides is 2. The van der Waals surface area contributed by atoms with E-state index in [0.717, 1.165) is 13.0 Å². The summed E-state index contributed by atoms with van der Waals surface area (Å²) in [6.07, 6.45) is -6.33. The number of nitrogens with one attached hydrogen (secondary N) is 2. The van der Waals surface area contributed by atoms with Crippen molar-refractivity contribution >= 4 is 34.8 Å². The Morgan fingerprint density at radius 3 is 2.46 bits per heavy atom. The number of carbonyl (C=O) groups excluding carboxylic acids is 1. The zero-order chi connectivity index (χ0) is 28.6. The van der Waals surface area contributed by atoms with Crippen molar-refractivity contribution in [3.63, 3.8) is 0 Å². The highest BCUT2D eigenvalue weighted by Gasteiger charge is 2.40. The van der Waals surface area contributed by atoms with E-state index in [1.54, 1.807) is 5.32 Å². The summed E-state index contributed by atoms with van der Waals surface area (Å²) in [6.45, 7) is 1.56. The summed E-state index contributed by atoms with van der Waals surface area (Å²) in [5.74, 6) is -5.83. The number of aliphatic imine (C=N–C) groups is 1. The molecule has 0 spiro atoms. The van der Waals surface area contributed by atoms with Crippen molar-refractivity contribution in [3.05, 3.63) is 63.7 Å². The van der Waals surface area contributed by atoms with Gasteiger partial charge in [-0.1, -0.05) is 6.92 Å². The average Bonchev–Trinajstić information content (AvgIpc) is 3.29. The van der Waals surface area contributed by atoms with Crippen molar-refractivity contribution < 1.29 is 41.0 Å². The molecule has 0 aliphatic carbocycles. The van der Waals surface area contributed by atoms with Crippen LogP contribution in [-0.2, 0) is 0 Å². The first-order chi connectivity index (χ1) is 18.3. The third kappa shape index (κ3) is 5.35. The van der Waals surface area contributed by atoms with Crippen molar-refractivity contribution in [2.24, 2.45) is 4.99 Å². The second-order valence-corrected chi connectivity index (χ2v) is 8.27. The van der Waals surface area contributed by atoms with Gasteiger partial charge in [-0.3, -0.25) is 19.1 Å². The first-order valence-electron chi connectivity index (χ1n) is 11.2. The van der Waals surface area contributed by atoms with Crippen molar-refractivity contribution in [3.8, 4) is 5.69 Å². The van der Waals surface area contributed by atoms with Gasteiger partial charge < -0.3 is 15.7 Å². The van der Waals surface area contributed by atoms with E-state index < -0.39 is 75.8 Å². The molecule has 10 nitrogen and oxygen atoms in total. The number of aromatic nitrogens is 2. The maximum Gasteiger partial charge on any atom is 0.434 e. The molecule has 4 rings (SSSR count). The number of anilines is 1. The number of fused-ring (bicyclic) bond motifs is 1. The molecule has 39 heavy (non-hydrogen) atoms. The molecule has 3 N–H and O–H groups in total. The lowest BCUT2D eigenvalue weighted by Crippen LogP contribution is -2.46.